The highest BCUT2D eigenvalue weighted by Crippen LogP contribution is 2.27. The van der Waals surface area contributed by atoms with E-state index in [2.05, 4.69) is 5.32 Å². The zero-order valence-corrected chi connectivity index (χ0v) is 22.6. The molecule has 1 atom stereocenters. The van der Waals surface area contributed by atoms with E-state index < -0.39 is 34.1 Å². The van der Waals surface area contributed by atoms with Gasteiger partial charge >= 0.3 is 0 Å². The van der Waals surface area contributed by atoms with E-state index in [0.29, 0.717) is 21.3 Å². The summed E-state index contributed by atoms with van der Waals surface area (Å²) in [5.74, 6) is -0.954. The largest absolute Gasteiger partial charge is 0.350 e. The van der Waals surface area contributed by atoms with Gasteiger partial charge in [-0.1, -0.05) is 41.4 Å². The van der Waals surface area contributed by atoms with Crippen LogP contribution in [0.5, 0.6) is 0 Å². The summed E-state index contributed by atoms with van der Waals surface area (Å²) in [4.78, 5) is 27.8. The first-order chi connectivity index (χ1) is 15.6. The van der Waals surface area contributed by atoms with Crippen molar-refractivity contribution in [2.45, 2.75) is 52.7 Å². The van der Waals surface area contributed by atoms with Gasteiger partial charge in [0.05, 0.1) is 11.9 Å². The first kappa shape index (κ1) is 28.0. The van der Waals surface area contributed by atoms with E-state index in [0.717, 1.165) is 16.1 Å². The number of halogens is 2. The quantitative estimate of drug-likeness (QED) is 0.551. The standard InChI is InChI=1S/C24H31Cl2N3O4S/c1-16-9-7-10-18(13-16)29(34(6,32)33)15-22(30)28(17(2)23(31)27-24(3,4)5)14-19-20(25)11-8-12-21(19)26/h7-13,17H,14-15H2,1-6H3,(H,27,31). The van der Waals surface area contributed by atoms with Crippen LogP contribution in [0.4, 0.5) is 5.69 Å². The molecular weight excluding hydrogens is 497 g/mol. The molecule has 0 saturated heterocycles. The van der Waals surface area contributed by atoms with Gasteiger partial charge in [0.25, 0.3) is 0 Å². The van der Waals surface area contributed by atoms with E-state index in [4.69, 9.17) is 23.2 Å². The van der Waals surface area contributed by atoms with E-state index >= 15 is 0 Å². The van der Waals surface area contributed by atoms with Crippen LogP contribution in [0.3, 0.4) is 0 Å². The number of hydrogen-bond donors (Lipinski definition) is 1. The van der Waals surface area contributed by atoms with Crippen LogP contribution < -0.4 is 9.62 Å². The van der Waals surface area contributed by atoms with Crippen molar-refractivity contribution in [1.82, 2.24) is 10.2 Å². The molecule has 2 rings (SSSR count). The Balaban J connectivity index is 2.47. The molecule has 7 nitrogen and oxygen atoms in total. The topological polar surface area (TPSA) is 86.8 Å². The monoisotopic (exact) mass is 527 g/mol. The smallest absolute Gasteiger partial charge is 0.244 e. The van der Waals surface area contributed by atoms with Gasteiger partial charge in [-0.15, -0.1) is 0 Å². The fourth-order valence-electron chi connectivity index (χ4n) is 3.31. The molecule has 0 aliphatic carbocycles. The first-order valence-corrected chi connectivity index (χ1v) is 13.3. The van der Waals surface area contributed by atoms with Crippen molar-refractivity contribution >= 4 is 50.7 Å². The molecule has 34 heavy (non-hydrogen) atoms. The van der Waals surface area contributed by atoms with E-state index in [9.17, 15) is 18.0 Å². The fourth-order valence-corrected chi connectivity index (χ4v) is 4.67. The van der Waals surface area contributed by atoms with Gasteiger partial charge in [0.2, 0.25) is 21.8 Å². The predicted molar refractivity (Wildman–Crippen MR) is 138 cm³/mol. The van der Waals surface area contributed by atoms with Crippen molar-refractivity contribution in [2.24, 2.45) is 0 Å². The molecule has 2 aromatic carbocycles. The molecule has 0 aliphatic heterocycles. The maximum atomic E-state index is 13.6. The molecule has 0 bridgehead atoms. The second-order valence-corrected chi connectivity index (χ2v) is 12.0. The average molecular weight is 529 g/mol. The number of anilines is 1. The number of nitrogens with one attached hydrogen (secondary N) is 1. The molecule has 0 heterocycles. The van der Waals surface area contributed by atoms with Gasteiger partial charge in [-0.05, 0) is 64.4 Å². The molecule has 10 heteroatoms. The molecular formula is C24H31Cl2N3O4S. The van der Waals surface area contributed by atoms with E-state index in [1.807, 2.05) is 33.8 Å². The van der Waals surface area contributed by atoms with Crippen LogP contribution in [0.2, 0.25) is 10.0 Å². The highest BCUT2D eigenvalue weighted by atomic mass is 35.5. The molecule has 2 amide bonds. The zero-order chi connectivity index (χ0) is 25.8. The number of carbonyl (C=O) groups excluding carboxylic acids is 2. The SMILES string of the molecule is Cc1cccc(N(CC(=O)N(Cc2c(Cl)cccc2Cl)C(C)C(=O)NC(C)(C)C)S(C)(=O)=O)c1. The number of carbonyl (C=O) groups is 2. The van der Waals surface area contributed by atoms with Crippen molar-refractivity contribution in [1.29, 1.82) is 0 Å². The Bertz CT molecular complexity index is 1140. The minimum Gasteiger partial charge on any atom is -0.350 e. The lowest BCUT2D eigenvalue weighted by Crippen LogP contribution is -2.54. The van der Waals surface area contributed by atoms with E-state index in [1.54, 1.807) is 43.3 Å². The molecule has 0 radical (unpaired) electrons. The molecule has 0 saturated carbocycles. The van der Waals surface area contributed by atoms with Crippen LogP contribution in [0.25, 0.3) is 0 Å². The third kappa shape index (κ3) is 7.61. The Morgan fingerprint density at radius 1 is 1.06 bits per heavy atom. The summed E-state index contributed by atoms with van der Waals surface area (Å²) in [6.07, 6.45) is 1.04. The fraction of sp³-hybridized carbons (Fsp3) is 0.417. The second-order valence-electron chi connectivity index (χ2n) is 9.25. The van der Waals surface area contributed by atoms with Gasteiger partial charge < -0.3 is 10.2 Å². The number of hydrogen-bond acceptors (Lipinski definition) is 4. The molecule has 0 aromatic heterocycles. The second kappa shape index (κ2) is 11.0. The number of nitrogens with zero attached hydrogens (tertiary/aromatic N) is 2. The number of rotatable bonds is 8. The molecule has 0 aliphatic rings. The Hall–Kier alpha value is -2.29. The van der Waals surface area contributed by atoms with Crippen LogP contribution in [0, 0.1) is 6.92 Å². The summed E-state index contributed by atoms with van der Waals surface area (Å²) in [5.41, 5.74) is 1.15. The normalized spacial score (nSPS) is 12.7. The number of sulfonamides is 1. The molecule has 1 N–H and O–H groups in total. The lowest BCUT2D eigenvalue weighted by Gasteiger charge is -2.33. The van der Waals surface area contributed by atoms with Gasteiger partial charge in [-0.3, -0.25) is 13.9 Å². The van der Waals surface area contributed by atoms with Crippen LogP contribution >= 0.6 is 23.2 Å². The van der Waals surface area contributed by atoms with Crippen LogP contribution in [0.1, 0.15) is 38.8 Å². The number of aryl methyl sites for hydroxylation is 1. The predicted octanol–water partition coefficient (Wildman–Crippen LogP) is 4.40. The third-order valence-corrected chi connectivity index (χ3v) is 6.87. The van der Waals surface area contributed by atoms with Gasteiger partial charge in [-0.2, -0.15) is 0 Å². The summed E-state index contributed by atoms with van der Waals surface area (Å²) in [7, 11) is -3.79. The Morgan fingerprint density at radius 3 is 2.12 bits per heavy atom. The molecule has 1 unspecified atom stereocenters. The maximum absolute atomic E-state index is 13.6. The van der Waals surface area contributed by atoms with Gasteiger partial charge in [0.1, 0.15) is 12.6 Å². The summed E-state index contributed by atoms with van der Waals surface area (Å²) in [5, 5.41) is 3.54. The van der Waals surface area contributed by atoms with Crippen LogP contribution in [-0.2, 0) is 26.2 Å². The first-order valence-electron chi connectivity index (χ1n) is 10.7. The Labute approximate surface area is 212 Å². The van der Waals surface area contributed by atoms with Gasteiger partial charge in [0, 0.05) is 27.7 Å². The molecule has 0 fully saturated rings. The van der Waals surface area contributed by atoms with E-state index in [1.165, 1.54) is 4.90 Å². The van der Waals surface area contributed by atoms with Crippen LogP contribution in [-0.4, -0.2) is 49.5 Å². The van der Waals surface area contributed by atoms with Crippen molar-refractivity contribution in [3.63, 3.8) is 0 Å². The minimum absolute atomic E-state index is 0.0680. The van der Waals surface area contributed by atoms with E-state index in [-0.39, 0.29) is 12.5 Å². The van der Waals surface area contributed by atoms with Crippen molar-refractivity contribution in [2.75, 3.05) is 17.1 Å². The lowest BCUT2D eigenvalue weighted by atomic mass is 10.1. The summed E-state index contributed by atoms with van der Waals surface area (Å²) in [6, 6.07) is 10.9. The summed E-state index contributed by atoms with van der Waals surface area (Å²) >= 11 is 12.7. The van der Waals surface area contributed by atoms with Gasteiger partial charge in [0.15, 0.2) is 0 Å². The average Bonchev–Trinajstić information content (AvgIpc) is 2.69. The summed E-state index contributed by atoms with van der Waals surface area (Å²) < 4.78 is 26.2. The van der Waals surface area contributed by atoms with Crippen molar-refractivity contribution in [3.05, 3.63) is 63.6 Å². The zero-order valence-electron chi connectivity index (χ0n) is 20.2. The highest BCUT2D eigenvalue weighted by Gasteiger charge is 2.32. The lowest BCUT2D eigenvalue weighted by molar-refractivity contribution is -0.140. The molecule has 0 spiro atoms. The third-order valence-electron chi connectivity index (χ3n) is 5.02. The van der Waals surface area contributed by atoms with Crippen LogP contribution in [0.15, 0.2) is 42.5 Å². The Morgan fingerprint density at radius 2 is 1.62 bits per heavy atom. The van der Waals surface area contributed by atoms with Gasteiger partial charge in [-0.25, -0.2) is 8.42 Å². The van der Waals surface area contributed by atoms with Crippen molar-refractivity contribution in [3.8, 4) is 0 Å². The molecule has 186 valence electrons. The number of amides is 2. The highest BCUT2D eigenvalue weighted by molar-refractivity contribution is 7.92. The minimum atomic E-state index is -3.79. The number of benzene rings is 2. The molecule has 2 aromatic rings. The Kier molecular flexibility index (Phi) is 9.02. The summed E-state index contributed by atoms with van der Waals surface area (Å²) in [6.45, 7) is 8.35. The maximum Gasteiger partial charge on any atom is 0.244 e. The van der Waals surface area contributed by atoms with Crippen molar-refractivity contribution < 1.29 is 18.0 Å².